The van der Waals surface area contributed by atoms with E-state index >= 15 is 0 Å². The number of carbonyl (C=O) groups is 1. The van der Waals surface area contributed by atoms with Crippen molar-refractivity contribution in [3.63, 3.8) is 0 Å². The minimum absolute atomic E-state index is 0.00483. The fourth-order valence-corrected chi connectivity index (χ4v) is 3.84. The molecule has 0 radical (unpaired) electrons. The van der Waals surface area contributed by atoms with Gasteiger partial charge in [-0.15, -0.1) is 0 Å². The van der Waals surface area contributed by atoms with Gasteiger partial charge in [-0.3, -0.25) is 0 Å². The number of pyridine rings is 2. The number of anilines is 1. The smallest absolute Gasteiger partial charge is 0.356 e. The van der Waals surface area contributed by atoms with Gasteiger partial charge >= 0.3 is 5.97 Å². The molecule has 5 nitrogen and oxygen atoms in total. The van der Waals surface area contributed by atoms with Crippen LogP contribution in [0.3, 0.4) is 0 Å². The number of aromatic nitrogens is 2. The molecule has 2 aliphatic rings. The van der Waals surface area contributed by atoms with Gasteiger partial charge in [-0.25, -0.2) is 14.8 Å². The van der Waals surface area contributed by atoms with Crippen LogP contribution in [0.5, 0.6) is 0 Å². The van der Waals surface area contributed by atoms with Gasteiger partial charge < -0.3 is 10.1 Å². The minimum Gasteiger partial charge on any atom is -0.464 e. The summed E-state index contributed by atoms with van der Waals surface area (Å²) in [7, 11) is 1.37. The van der Waals surface area contributed by atoms with Crippen molar-refractivity contribution in [3.05, 3.63) is 51.4 Å². The number of carbonyl (C=O) groups excluding carboxylic acids is 1. The number of nitrogens with one attached hydrogen (secondary N) is 1. The Labute approximate surface area is 136 Å². The number of halogens is 1. The van der Waals surface area contributed by atoms with Crippen molar-refractivity contribution >= 4 is 27.7 Å². The maximum Gasteiger partial charge on any atom is 0.356 e. The van der Waals surface area contributed by atoms with E-state index in [-0.39, 0.29) is 5.41 Å². The zero-order chi connectivity index (χ0) is 15.3. The fraction of sp³-hybridized carbons (Fsp3) is 0.312. The zero-order valence-corrected chi connectivity index (χ0v) is 13.6. The molecule has 1 atom stereocenters. The predicted octanol–water partition coefficient (Wildman–Crippen LogP) is 2.49. The van der Waals surface area contributed by atoms with Gasteiger partial charge in [0.15, 0.2) is 0 Å². The lowest BCUT2D eigenvalue weighted by molar-refractivity contribution is 0.0594. The molecule has 0 fully saturated rings. The molecule has 112 valence electrons. The molecule has 0 unspecified atom stereocenters. The average Bonchev–Trinajstić information content (AvgIpc) is 3.07. The first-order chi connectivity index (χ1) is 10.6. The quantitative estimate of drug-likeness (QED) is 0.792. The number of esters is 1. The third-order valence-corrected chi connectivity index (χ3v) is 4.99. The summed E-state index contributed by atoms with van der Waals surface area (Å²) in [5.74, 6) is 0.565. The van der Waals surface area contributed by atoms with E-state index in [1.165, 1.54) is 23.8 Å². The van der Waals surface area contributed by atoms with Gasteiger partial charge in [0.05, 0.1) is 7.11 Å². The monoisotopic (exact) mass is 359 g/mol. The summed E-state index contributed by atoms with van der Waals surface area (Å²) >= 11 is 3.51. The molecule has 1 spiro atoms. The van der Waals surface area contributed by atoms with Crippen molar-refractivity contribution in [1.29, 1.82) is 0 Å². The van der Waals surface area contributed by atoms with Gasteiger partial charge in [0.2, 0.25) is 0 Å². The summed E-state index contributed by atoms with van der Waals surface area (Å²) < 4.78 is 5.74. The molecule has 2 aromatic rings. The number of fused-ring (bicyclic) bond motifs is 3. The van der Waals surface area contributed by atoms with E-state index in [2.05, 4.69) is 37.3 Å². The second-order valence-electron chi connectivity index (χ2n) is 5.87. The van der Waals surface area contributed by atoms with Crippen LogP contribution in [-0.2, 0) is 23.0 Å². The Kier molecular flexibility index (Phi) is 2.97. The number of methoxy groups -OCH3 is 1. The summed E-state index contributed by atoms with van der Waals surface area (Å²) in [5, 5.41) is 3.40. The molecule has 1 aliphatic carbocycles. The number of ether oxygens (including phenoxy) is 1. The summed E-state index contributed by atoms with van der Waals surface area (Å²) in [6.07, 6.45) is 5.41. The van der Waals surface area contributed by atoms with E-state index in [4.69, 9.17) is 4.74 Å². The Morgan fingerprint density at radius 2 is 2.09 bits per heavy atom. The first kappa shape index (κ1) is 13.7. The molecule has 1 N–H and O–H groups in total. The molecule has 0 amide bonds. The molecule has 22 heavy (non-hydrogen) atoms. The highest BCUT2D eigenvalue weighted by atomic mass is 79.9. The summed E-state index contributed by atoms with van der Waals surface area (Å²) in [5.41, 5.74) is 3.98. The van der Waals surface area contributed by atoms with Gasteiger partial charge in [-0.1, -0.05) is 0 Å². The van der Waals surface area contributed by atoms with Crippen LogP contribution in [-0.4, -0.2) is 29.6 Å². The molecular formula is C16H14BrN3O2. The summed E-state index contributed by atoms with van der Waals surface area (Å²) in [6, 6.07) is 4.00. The van der Waals surface area contributed by atoms with Gasteiger partial charge in [-0.2, -0.15) is 0 Å². The van der Waals surface area contributed by atoms with Crippen molar-refractivity contribution in [2.75, 3.05) is 19.0 Å². The molecule has 0 saturated heterocycles. The average molecular weight is 360 g/mol. The molecular weight excluding hydrogens is 346 g/mol. The largest absolute Gasteiger partial charge is 0.464 e. The second kappa shape index (κ2) is 4.78. The third-order valence-electron chi connectivity index (χ3n) is 4.55. The molecule has 3 heterocycles. The number of nitrogens with zero attached hydrogens (tertiary/aromatic N) is 2. The molecule has 0 bridgehead atoms. The highest BCUT2D eigenvalue weighted by Crippen LogP contribution is 2.46. The third kappa shape index (κ3) is 1.94. The number of rotatable bonds is 1. The maximum absolute atomic E-state index is 11.7. The molecule has 2 aromatic heterocycles. The van der Waals surface area contributed by atoms with Crippen LogP contribution in [0.2, 0.25) is 0 Å². The van der Waals surface area contributed by atoms with Gasteiger partial charge in [0.1, 0.15) is 11.5 Å². The van der Waals surface area contributed by atoms with Crippen molar-refractivity contribution in [2.45, 2.75) is 18.3 Å². The maximum atomic E-state index is 11.7. The van der Waals surface area contributed by atoms with E-state index < -0.39 is 5.97 Å². The van der Waals surface area contributed by atoms with Crippen LogP contribution in [0.4, 0.5) is 5.82 Å². The van der Waals surface area contributed by atoms with Crippen molar-refractivity contribution in [3.8, 4) is 0 Å². The highest BCUT2D eigenvalue weighted by molar-refractivity contribution is 9.10. The molecule has 1 aliphatic heterocycles. The zero-order valence-electron chi connectivity index (χ0n) is 12.0. The molecule has 4 rings (SSSR count). The topological polar surface area (TPSA) is 64.1 Å². The lowest BCUT2D eigenvalue weighted by atomic mass is 9.80. The van der Waals surface area contributed by atoms with Gasteiger partial charge in [0.25, 0.3) is 0 Å². The summed E-state index contributed by atoms with van der Waals surface area (Å²) in [4.78, 5) is 20.3. The second-order valence-corrected chi connectivity index (χ2v) is 6.78. The normalized spacial score (nSPS) is 21.4. The SMILES string of the molecule is COC(=O)c1cc2c(cn1)C[C@@]1(CNc3ncc(Br)cc31)C2. The van der Waals surface area contributed by atoms with Gasteiger partial charge in [-0.05, 0) is 52.0 Å². The molecule has 0 saturated carbocycles. The van der Waals surface area contributed by atoms with Crippen LogP contribution in [0.15, 0.2) is 29.0 Å². The molecule has 6 heteroatoms. The first-order valence-electron chi connectivity index (χ1n) is 7.07. The van der Waals surface area contributed by atoms with Crippen LogP contribution >= 0.6 is 15.9 Å². The summed E-state index contributed by atoms with van der Waals surface area (Å²) in [6.45, 7) is 0.855. The van der Waals surface area contributed by atoms with Crippen molar-refractivity contribution in [2.24, 2.45) is 0 Å². The van der Waals surface area contributed by atoms with E-state index in [0.29, 0.717) is 5.69 Å². The Morgan fingerprint density at radius 1 is 1.27 bits per heavy atom. The Balaban J connectivity index is 1.74. The Morgan fingerprint density at radius 3 is 2.91 bits per heavy atom. The number of hydrogen-bond donors (Lipinski definition) is 1. The van der Waals surface area contributed by atoms with Gasteiger partial charge in [0, 0.05) is 34.4 Å². The first-order valence-corrected chi connectivity index (χ1v) is 7.87. The van der Waals surface area contributed by atoms with Crippen LogP contribution in [0, 0.1) is 0 Å². The molecule has 0 aromatic carbocycles. The van der Waals surface area contributed by atoms with E-state index in [1.807, 2.05) is 12.3 Å². The van der Waals surface area contributed by atoms with E-state index in [9.17, 15) is 4.79 Å². The van der Waals surface area contributed by atoms with Crippen molar-refractivity contribution in [1.82, 2.24) is 9.97 Å². The lowest BCUT2D eigenvalue weighted by Crippen LogP contribution is -2.29. The Bertz CT molecular complexity index is 793. The van der Waals surface area contributed by atoms with Crippen LogP contribution in [0.1, 0.15) is 27.2 Å². The van der Waals surface area contributed by atoms with Crippen LogP contribution in [0.25, 0.3) is 0 Å². The standard InChI is InChI=1S/C16H14BrN3O2/c1-22-15(21)13-2-9-4-16(5-10(9)6-18-13)8-20-14-12(16)3-11(17)7-19-14/h2-3,6-7H,4-5,8H2,1H3,(H,19,20)/t16-/m1/s1. The lowest BCUT2D eigenvalue weighted by Gasteiger charge is -2.22. The van der Waals surface area contributed by atoms with E-state index in [0.717, 1.165) is 29.7 Å². The van der Waals surface area contributed by atoms with Crippen LogP contribution < -0.4 is 5.32 Å². The number of hydrogen-bond acceptors (Lipinski definition) is 5. The highest BCUT2D eigenvalue weighted by Gasteiger charge is 2.44. The minimum atomic E-state index is -0.391. The van der Waals surface area contributed by atoms with E-state index in [1.54, 1.807) is 6.20 Å². The fourth-order valence-electron chi connectivity index (χ4n) is 3.50. The van der Waals surface area contributed by atoms with Crippen molar-refractivity contribution < 1.29 is 9.53 Å². The predicted molar refractivity (Wildman–Crippen MR) is 85.1 cm³/mol. The Hall–Kier alpha value is -1.95.